The number of carbonyl (C=O) groups excluding carboxylic acids is 1. The number of carbonyl (C=O) groups is 1. The van der Waals surface area contributed by atoms with Gasteiger partial charge >= 0.3 is 0 Å². The molecule has 2 N–H and O–H groups in total. The summed E-state index contributed by atoms with van der Waals surface area (Å²) in [7, 11) is 0. The molecule has 0 fully saturated rings. The van der Waals surface area contributed by atoms with Gasteiger partial charge in [0.1, 0.15) is 5.88 Å². The first-order valence-corrected chi connectivity index (χ1v) is 4.63. The van der Waals surface area contributed by atoms with Gasteiger partial charge in [-0.3, -0.25) is 10.1 Å². The summed E-state index contributed by atoms with van der Waals surface area (Å²) in [5, 5.41) is 2.54. The van der Waals surface area contributed by atoms with Crippen molar-refractivity contribution in [2.24, 2.45) is 0 Å². The van der Waals surface area contributed by atoms with Crippen molar-refractivity contribution in [2.45, 2.75) is 0 Å². The van der Waals surface area contributed by atoms with Gasteiger partial charge in [0, 0.05) is 0 Å². The Labute approximate surface area is 85.3 Å². The number of anilines is 1. The molecule has 5 heteroatoms. The van der Waals surface area contributed by atoms with Crippen molar-refractivity contribution < 1.29 is 4.79 Å². The SMILES string of the molecule is O=C(CCl)Nc1nc2ccccc2[nH]1. The summed E-state index contributed by atoms with van der Waals surface area (Å²) in [4.78, 5) is 18.1. The van der Waals surface area contributed by atoms with Crippen LogP contribution in [0.3, 0.4) is 0 Å². The maximum atomic E-state index is 11.0. The molecule has 0 saturated heterocycles. The zero-order valence-corrected chi connectivity index (χ0v) is 8.01. The zero-order valence-electron chi connectivity index (χ0n) is 7.25. The monoisotopic (exact) mass is 209 g/mol. The largest absolute Gasteiger partial charge is 0.324 e. The van der Waals surface area contributed by atoms with E-state index in [1.165, 1.54) is 0 Å². The highest BCUT2D eigenvalue weighted by Crippen LogP contribution is 2.12. The number of rotatable bonds is 2. The highest BCUT2D eigenvalue weighted by molar-refractivity contribution is 6.28. The van der Waals surface area contributed by atoms with E-state index in [1.54, 1.807) is 0 Å². The first-order chi connectivity index (χ1) is 6.79. The second kappa shape index (κ2) is 3.67. The number of hydrogen-bond acceptors (Lipinski definition) is 2. The number of aromatic nitrogens is 2. The van der Waals surface area contributed by atoms with Crippen molar-refractivity contribution in [2.75, 3.05) is 11.2 Å². The van der Waals surface area contributed by atoms with Crippen molar-refractivity contribution in [3.63, 3.8) is 0 Å². The molecule has 0 saturated carbocycles. The number of nitrogens with zero attached hydrogens (tertiary/aromatic N) is 1. The minimum atomic E-state index is -0.272. The van der Waals surface area contributed by atoms with Crippen LogP contribution in [-0.4, -0.2) is 21.8 Å². The number of alkyl halides is 1. The fourth-order valence-corrected chi connectivity index (χ4v) is 1.24. The molecule has 0 radical (unpaired) electrons. The van der Waals surface area contributed by atoms with E-state index in [0.29, 0.717) is 5.95 Å². The van der Waals surface area contributed by atoms with Gasteiger partial charge in [-0.15, -0.1) is 11.6 Å². The molecule has 0 aliphatic rings. The fraction of sp³-hybridized carbons (Fsp3) is 0.111. The van der Waals surface area contributed by atoms with E-state index >= 15 is 0 Å². The minimum Gasteiger partial charge on any atom is -0.324 e. The molecule has 0 bridgehead atoms. The van der Waals surface area contributed by atoms with Gasteiger partial charge in [-0.05, 0) is 12.1 Å². The number of benzene rings is 1. The number of hydrogen-bond donors (Lipinski definition) is 2. The topological polar surface area (TPSA) is 57.8 Å². The molecule has 2 aromatic rings. The molecule has 14 heavy (non-hydrogen) atoms. The van der Waals surface area contributed by atoms with Crippen LogP contribution in [0.25, 0.3) is 11.0 Å². The lowest BCUT2D eigenvalue weighted by atomic mass is 10.3. The average molecular weight is 210 g/mol. The van der Waals surface area contributed by atoms with Crippen LogP contribution >= 0.6 is 11.6 Å². The van der Waals surface area contributed by atoms with Crippen LogP contribution in [0.1, 0.15) is 0 Å². The van der Waals surface area contributed by atoms with Gasteiger partial charge in [-0.2, -0.15) is 0 Å². The molecule has 72 valence electrons. The van der Waals surface area contributed by atoms with Gasteiger partial charge in [0.05, 0.1) is 11.0 Å². The minimum absolute atomic E-state index is 0.0724. The van der Waals surface area contributed by atoms with Crippen LogP contribution in [0.15, 0.2) is 24.3 Å². The van der Waals surface area contributed by atoms with E-state index in [1.807, 2.05) is 24.3 Å². The van der Waals surface area contributed by atoms with Gasteiger partial charge in [-0.25, -0.2) is 4.98 Å². The molecule has 1 amide bonds. The van der Waals surface area contributed by atoms with Crippen LogP contribution in [0, 0.1) is 0 Å². The third-order valence-corrected chi connectivity index (χ3v) is 2.01. The van der Waals surface area contributed by atoms with Gasteiger partial charge in [0.15, 0.2) is 0 Å². The standard InChI is InChI=1S/C9H8ClN3O/c10-5-8(14)13-9-11-6-3-1-2-4-7(6)12-9/h1-4H,5H2,(H2,11,12,13,14). The highest BCUT2D eigenvalue weighted by Gasteiger charge is 2.04. The Bertz CT molecular complexity index is 433. The number of amides is 1. The Morgan fingerprint density at radius 3 is 3.00 bits per heavy atom. The molecule has 0 unspecified atom stereocenters. The second-order valence-electron chi connectivity index (χ2n) is 2.78. The van der Waals surface area contributed by atoms with Crippen molar-refractivity contribution in [1.82, 2.24) is 9.97 Å². The molecule has 0 aliphatic carbocycles. The normalized spacial score (nSPS) is 10.4. The number of imidazole rings is 1. The number of nitrogens with one attached hydrogen (secondary N) is 2. The number of fused-ring (bicyclic) bond motifs is 1. The van der Waals surface area contributed by atoms with Crippen LogP contribution in [0.2, 0.25) is 0 Å². The molecule has 1 aromatic heterocycles. The Hall–Kier alpha value is -1.55. The maximum Gasteiger partial charge on any atom is 0.241 e. The summed E-state index contributed by atoms with van der Waals surface area (Å²) in [5.41, 5.74) is 1.70. The van der Waals surface area contributed by atoms with E-state index < -0.39 is 0 Å². The number of H-pyrrole nitrogens is 1. The van der Waals surface area contributed by atoms with Gasteiger partial charge in [-0.1, -0.05) is 12.1 Å². The summed E-state index contributed by atoms with van der Waals surface area (Å²) in [5.74, 6) is 0.0828. The molecule has 0 spiro atoms. The molecule has 1 heterocycles. The van der Waals surface area contributed by atoms with E-state index in [4.69, 9.17) is 11.6 Å². The smallest absolute Gasteiger partial charge is 0.241 e. The molecular weight excluding hydrogens is 202 g/mol. The lowest BCUT2D eigenvalue weighted by molar-refractivity contribution is -0.114. The lowest BCUT2D eigenvalue weighted by Gasteiger charge is -1.94. The molecule has 0 aliphatic heterocycles. The van der Waals surface area contributed by atoms with E-state index in [-0.39, 0.29) is 11.8 Å². The summed E-state index contributed by atoms with van der Waals surface area (Å²) in [6.07, 6.45) is 0. The molecule has 4 nitrogen and oxygen atoms in total. The fourth-order valence-electron chi connectivity index (χ4n) is 1.18. The van der Waals surface area contributed by atoms with Crippen molar-refractivity contribution in [3.8, 4) is 0 Å². The first kappa shape index (κ1) is 9.02. The third kappa shape index (κ3) is 1.70. The number of para-hydroxylation sites is 2. The molecule has 2 rings (SSSR count). The highest BCUT2D eigenvalue weighted by atomic mass is 35.5. The van der Waals surface area contributed by atoms with Crippen LogP contribution in [-0.2, 0) is 4.79 Å². The number of halogens is 1. The maximum absolute atomic E-state index is 11.0. The van der Waals surface area contributed by atoms with Gasteiger partial charge < -0.3 is 4.98 Å². The van der Waals surface area contributed by atoms with Gasteiger partial charge in [0.25, 0.3) is 0 Å². The van der Waals surface area contributed by atoms with E-state index in [9.17, 15) is 4.79 Å². The van der Waals surface area contributed by atoms with Crippen molar-refractivity contribution in [1.29, 1.82) is 0 Å². The second-order valence-corrected chi connectivity index (χ2v) is 3.05. The zero-order chi connectivity index (χ0) is 9.97. The van der Waals surface area contributed by atoms with Crippen molar-refractivity contribution in [3.05, 3.63) is 24.3 Å². The summed E-state index contributed by atoms with van der Waals surface area (Å²) in [6, 6.07) is 7.53. The van der Waals surface area contributed by atoms with E-state index in [0.717, 1.165) is 11.0 Å². The quantitative estimate of drug-likeness (QED) is 0.741. The number of aromatic amines is 1. The van der Waals surface area contributed by atoms with Crippen LogP contribution < -0.4 is 5.32 Å². The predicted molar refractivity (Wildman–Crippen MR) is 55.4 cm³/mol. The van der Waals surface area contributed by atoms with Crippen molar-refractivity contribution >= 4 is 34.5 Å². The predicted octanol–water partition coefficient (Wildman–Crippen LogP) is 1.74. The molecule has 0 atom stereocenters. The van der Waals surface area contributed by atoms with Crippen LogP contribution in [0.5, 0.6) is 0 Å². The van der Waals surface area contributed by atoms with Gasteiger partial charge in [0.2, 0.25) is 11.9 Å². The lowest BCUT2D eigenvalue weighted by Crippen LogP contribution is -2.13. The summed E-state index contributed by atoms with van der Waals surface area (Å²) in [6.45, 7) is 0. The Kier molecular flexibility index (Phi) is 2.37. The molecular formula is C9H8ClN3O. The van der Waals surface area contributed by atoms with E-state index in [2.05, 4.69) is 15.3 Å². The Morgan fingerprint density at radius 1 is 1.50 bits per heavy atom. The summed E-state index contributed by atoms with van der Waals surface area (Å²) >= 11 is 5.35. The van der Waals surface area contributed by atoms with Crippen LogP contribution in [0.4, 0.5) is 5.95 Å². The first-order valence-electron chi connectivity index (χ1n) is 4.10. The Balaban J connectivity index is 2.31. The Morgan fingerprint density at radius 2 is 2.29 bits per heavy atom. The average Bonchev–Trinajstić information content (AvgIpc) is 2.59. The third-order valence-electron chi connectivity index (χ3n) is 1.77. The molecule has 1 aromatic carbocycles. The summed E-state index contributed by atoms with van der Waals surface area (Å²) < 4.78 is 0.